The van der Waals surface area contributed by atoms with Crippen molar-refractivity contribution in [1.82, 2.24) is 0 Å². The number of anilines is 2. The fraction of sp³-hybridized carbons (Fsp3) is 0.250. The molecule has 0 radical (unpaired) electrons. The van der Waals surface area contributed by atoms with Gasteiger partial charge >= 0.3 is 7.12 Å². The van der Waals surface area contributed by atoms with Crippen LogP contribution in [0.2, 0.25) is 0 Å². The van der Waals surface area contributed by atoms with Gasteiger partial charge in [0.2, 0.25) is 0 Å². The van der Waals surface area contributed by atoms with E-state index in [1.165, 1.54) is 0 Å². The summed E-state index contributed by atoms with van der Waals surface area (Å²) >= 11 is 0. The van der Waals surface area contributed by atoms with E-state index in [0.717, 1.165) is 16.6 Å². The molecule has 1 aliphatic rings. The van der Waals surface area contributed by atoms with Crippen molar-refractivity contribution in [1.29, 1.82) is 0 Å². The van der Waals surface area contributed by atoms with Gasteiger partial charge in [0, 0.05) is 11.4 Å². The number of benzene rings is 3. The highest BCUT2D eigenvalue weighted by Gasteiger charge is 2.51. The Morgan fingerprint density at radius 1 is 0.714 bits per heavy atom. The molecule has 1 saturated heterocycles. The molecule has 0 spiro atoms. The Bertz CT molecular complexity index is 1150. The van der Waals surface area contributed by atoms with Crippen LogP contribution in [-0.2, 0) is 9.31 Å². The number of hydrogen-bond acceptors (Lipinski definition) is 3. The van der Waals surface area contributed by atoms with Crippen molar-refractivity contribution < 1.29 is 16.2 Å². The van der Waals surface area contributed by atoms with Crippen LogP contribution < -0.4 is 10.8 Å². The summed E-state index contributed by atoms with van der Waals surface area (Å²) in [6, 6.07) is 13.8. The molecule has 1 N–H and O–H groups in total. The molecule has 3 aromatic rings. The SMILES string of the molecule is [2H]c1c([2H])c([2H])c(Nc2ccc(-c3ccc(B4OC(C)(C)C(C)(C)O4)cc3)cc2)c([2H])c1[2H]. The summed E-state index contributed by atoms with van der Waals surface area (Å²) < 4.78 is 51.6. The third-order valence-electron chi connectivity index (χ3n) is 5.42. The first-order valence-corrected chi connectivity index (χ1v) is 9.31. The van der Waals surface area contributed by atoms with Crippen molar-refractivity contribution >= 4 is 24.0 Å². The second-order valence-electron chi connectivity index (χ2n) is 7.91. The van der Waals surface area contributed by atoms with Gasteiger partial charge in [-0.15, -0.1) is 0 Å². The van der Waals surface area contributed by atoms with E-state index in [1.54, 1.807) is 0 Å². The molecule has 1 aliphatic heterocycles. The highest BCUT2D eigenvalue weighted by atomic mass is 16.7. The van der Waals surface area contributed by atoms with Crippen LogP contribution in [0.4, 0.5) is 11.4 Å². The normalized spacial score (nSPS) is 20.0. The van der Waals surface area contributed by atoms with E-state index in [2.05, 4.69) is 5.32 Å². The van der Waals surface area contributed by atoms with Crippen LogP contribution in [0.1, 0.15) is 34.5 Å². The predicted octanol–water partition coefficient (Wildman–Crippen LogP) is 5.40. The molecule has 1 heterocycles. The van der Waals surface area contributed by atoms with Crippen molar-refractivity contribution in [3.63, 3.8) is 0 Å². The Labute approximate surface area is 174 Å². The van der Waals surface area contributed by atoms with Gasteiger partial charge in [0.25, 0.3) is 0 Å². The topological polar surface area (TPSA) is 30.5 Å². The summed E-state index contributed by atoms with van der Waals surface area (Å²) in [6.45, 7) is 8.12. The first-order chi connectivity index (χ1) is 15.4. The molecular weight excluding hydrogens is 345 g/mol. The average molecular weight is 376 g/mol. The first kappa shape index (κ1) is 13.6. The van der Waals surface area contributed by atoms with Gasteiger partial charge in [-0.1, -0.05) is 54.5 Å². The minimum Gasteiger partial charge on any atom is -0.399 e. The summed E-state index contributed by atoms with van der Waals surface area (Å²) in [6.07, 6.45) is 0. The summed E-state index contributed by atoms with van der Waals surface area (Å²) in [5.74, 6) is 0. The van der Waals surface area contributed by atoms with Gasteiger partial charge in [0.15, 0.2) is 0 Å². The zero-order valence-electron chi connectivity index (χ0n) is 21.5. The second-order valence-corrected chi connectivity index (χ2v) is 7.91. The van der Waals surface area contributed by atoms with Gasteiger partial charge < -0.3 is 14.6 Å². The summed E-state index contributed by atoms with van der Waals surface area (Å²) in [7, 11) is -0.410. The van der Waals surface area contributed by atoms with Crippen LogP contribution in [0.5, 0.6) is 0 Å². The lowest BCUT2D eigenvalue weighted by molar-refractivity contribution is 0.00578. The molecule has 0 bridgehead atoms. The van der Waals surface area contributed by atoms with Crippen LogP contribution in [-0.4, -0.2) is 18.3 Å². The molecule has 0 aliphatic carbocycles. The molecule has 3 aromatic carbocycles. The second kappa shape index (κ2) is 7.12. The first-order valence-electron chi connectivity index (χ1n) is 11.8. The van der Waals surface area contributed by atoms with E-state index in [-0.39, 0.29) is 41.1 Å². The number of para-hydroxylation sites is 1. The van der Waals surface area contributed by atoms with Crippen molar-refractivity contribution in [2.75, 3.05) is 5.32 Å². The molecule has 0 amide bonds. The maximum Gasteiger partial charge on any atom is 0.494 e. The molecule has 4 rings (SSSR count). The number of rotatable bonds is 4. The molecule has 1 fully saturated rings. The maximum absolute atomic E-state index is 8.05. The molecule has 0 unspecified atom stereocenters. The monoisotopic (exact) mass is 376 g/mol. The van der Waals surface area contributed by atoms with E-state index in [9.17, 15) is 0 Å². The molecule has 0 saturated carbocycles. The molecule has 0 atom stereocenters. The highest BCUT2D eigenvalue weighted by molar-refractivity contribution is 6.62. The van der Waals surface area contributed by atoms with Gasteiger partial charge in [-0.25, -0.2) is 0 Å². The minimum atomic E-state index is -0.410. The third-order valence-corrected chi connectivity index (χ3v) is 5.42. The highest BCUT2D eigenvalue weighted by Crippen LogP contribution is 2.36. The molecular formula is C24H26BNO2. The minimum absolute atomic E-state index is 0.0560. The van der Waals surface area contributed by atoms with E-state index in [1.807, 2.05) is 76.2 Å². The van der Waals surface area contributed by atoms with Crippen molar-refractivity contribution in [2.45, 2.75) is 38.9 Å². The Balaban J connectivity index is 1.52. The Kier molecular flexibility index (Phi) is 3.46. The maximum atomic E-state index is 8.05. The lowest BCUT2D eigenvalue weighted by atomic mass is 9.78. The Hall–Kier alpha value is -2.56. The van der Waals surface area contributed by atoms with Crippen LogP contribution in [0.15, 0.2) is 78.7 Å². The van der Waals surface area contributed by atoms with Gasteiger partial charge in [-0.3, -0.25) is 0 Å². The molecule has 0 aromatic heterocycles. The van der Waals surface area contributed by atoms with Crippen molar-refractivity contribution in [2.24, 2.45) is 0 Å². The lowest BCUT2D eigenvalue weighted by Crippen LogP contribution is -2.41. The fourth-order valence-electron chi connectivity index (χ4n) is 3.01. The third kappa shape index (κ3) is 3.71. The lowest BCUT2D eigenvalue weighted by Gasteiger charge is -2.32. The zero-order chi connectivity index (χ0) is 24.1. The molecule has 142 valence electrons. The van der Waals surface area contributed by atoms with Gasteiger partial charge in [-0.2, -0.15) is 0 Å². The molecule has 4 heteroatoms. The van der Waals surface area contributed by atoms with Gasteiger partial charge in [0.1, 0.15) is 0 Å². The van der Waals surface area contributed by atoms with Gasteiger partial charge in [0.05, 0.1) is 18.1 Å². The van der Waals surface area contributed by atoms with Crippen molar-refractivity contribution in [3.05, 3.63) is 78.7 Å². The van der Waals surface area contributed by atoms with E-state index < -0.39 is 13.2 Å². The molecule has 3 nitrogen and oxygen atoms in total. The van der Waals surface area contributed by atoms with Crippen LogP contribution >= 0.6 is 0 Å². The number of nitrogens with one attached hydrogen (secondary N) is 1. The Morgan fingerprint density at radius 2 is 1.21 bits per heavy atom. The van der Waals surface area contributed by atoms with Crippen LogP contribution in [0, 0.1) is 0 Å². The van der Waals surface area contributed by atoms with Crippen LogP contribution in [0.25, 0.3) is 11.1 Å². The summed E-state index contributed by atoms with van der Waals surface area (Å²) in [5, 5.41) is 2.96. The van der Waals surface area contributed by atoms with Gasteiger partial charge in [-0.05, 0) is 68.5 Å². The standard InChI is InChI=1S/C24H26BNO2/c1-23(2)24(3,4)28-25(27-23)20-14-10-18(11-15-20)19-12-16-22(17-13-19)26-21-8-6-5-7-9-21/h5-17,26H,1-4H3/i5D,6D,7D,8D,9D. The largest absolute Gasteiger partial charge is 0.494 e. The summed E-state index contributed by atoms with van der Waals surface area (Å²) in [5.41, 5.74) is 2.87. The van der Waals surface area contributed by atoms with Crippen LogP contribution in [0.3, 0.4) is 0 Å². The van der Waals surface area contributed by atoms with Crippen molar-refractivity contribution in [3.8, 4) is 11.1 Å². The number of hydrogen-bond donors (Lipinski definition) is 1. The fourth-order valence-corrected chi connectivity index (χ4v) is 3.01. The van der Waals surface area contributed by atoms with E-state index >= 15 is 0 Å². The quantitative estimate of drug-likeness (QED) is 0.619. The Morgan fingerprint density at radius 3 is 1.75 bits per heavy atom. The average Bonchev–Trinajstić information content (AvgIpc) is 3.01. The molecule has 28 heavy (non-hydrogen) atoms. The zero-order valence-corrected chi connectivity index (χ0v) is 16.5. The van der Waals surface area contributed by atoms with E-state index in [0.29, 0.717) is 5.69 Å². The predicted molar refractivity (Wildman–Crippen MR) is 117 cm³/mol. The van der Waals surface area contributed by atoms with E-state index in [4.69, 9.17) is 16.2 Å². The summed E-state index contributed by atoms with van der Waals surface area (Å²) in [4.78, 5) is 0. The smallest absolute Gasteiger partial charge is 0.399 e.